The summed E-state index contributed by atoms with van der Waals surface area (Å²) in [6.07, 6.45) is 4.54. The fourth-order valence-corrected chi connectivity index (χ4v) is 2.30. The van der Waals surface area contributed by atoms with E-state index in [-0.39, 0.29) is 5.91 Å². The minimum Gasteiger partial charge on any atom is -0.389 e. The molecule has 0 aromatic carbocycles. The Balaban J connectivity index is 1.95. The number of carbonyl (C=O) groups is 1. The van der Waals surface area contributed by atoms with Crippen molar-refractivity contribution in [2.45, 2.75) is 51.7 Å². The van der Waals surface area contributed by atoms with Gasteiger partial charge in [-0.3, -0.25) is 4.79 Å². The molecule has 0 radical (unpaired) electrons. The summed E-state index contributed by atoms with van der Waals surface area (Å²) in [7, 11) is 0. The molecule has 1 atom stereocenters. The van der Waals surface area contributed by atoms with Gasteiger partial charge in [-0.25, -0.2) is 0 Å². The quantitative estimate of drug-likeness (QED) is 0.568. The molecule has 0 spiro atoms. The molecule has 1 unspecified atom stereocenters. The molecule has 1 rings (SSSR count). The summed E-state index contributed by atoms with van der Waals surface area (Å²) in [6, 6.07) is 0. The Labute approximate surface area is 116 Å². The summed E-state index contributed by atoms with van der Waals surface area (Å²) in [5.74, 6) is 0.789. The summed E-state index contributed by atoms with van der Waals surface area (Å²) >= 11 is 0. The minimum atomic E-state index is -0.475. The Morgan fingerprint density at radius 1 is 1.32 bits per heavy atom. The van der Waals surface area contributed by atoms with Gasteiger partial charge in [-0.05, 0) is 31.6 Å². The third kappa shape index (κ3) is 8.18. The van der Waals surface area contributed by atoms with Gasteiger partial charge in [0.25, 0.3) is 0 Å². The van der Waals surface area contributed by atoms with Gasteiger partial charge in [0, 0.05) is 26.6 Å². The molecule has 1 amide bonds. The van der Waals surface area contributed by atoms with E-state index in [9.17, 15) is 9.90 Å². The van der Waals surface area contributed by atoms with Crippen LogP contribution in [0.4, 0.5) is 0 Å². The van der Waals surface area contributed by atoms with Crippen LogP contribution < -0.4 is 10.6 Å². The molecule has 19 heavy (non-hydrogen) atoms. The predicted molar refractivity (Wildman–Crippen MR) is 74.9 cm³/mol. The zero-order valence-electron chi connectivity index (χ0n) is 12.2. The number of aliphatic hydroxyl groups is 1. The van der Waals surface area contributed by atoms with E-state index in [1.165, 1.54) is 19.8 Å². The van der Waals surface area contributed by atoms with Crippen molar-refractivity contribution in [3.05, 3.63) is 0 Å². The second-order valence-electron chi connectivity index (χ2n) is 5.56. The summed E-state index contributed by atoms with van der Waals surface area (Å²) in [5.41, 5.74) is 0. The Hall–Kier alpha value is -0.650. The topological polar surface area (TPSA) is 70.6 Å². The summed E-state index contributed by atoms with van der Waals surface area (Å²) in [6.45, 7) is 5.92. The molecular formula is C14H28N2O3. The molecule has 0 bridgehead atoms. The van der Waals surface area contributed by atoms with Gasteiger partial charge < -0.3 is 20.5 Å². The van der Waals surface area contributed by atoms with Crippen LogP contribution in [0.5, 0.6) is 0 Å². The van der Waals surface area contributed by atoms with Crippen LogP contribution in [0.1, 0.15) is 39.5 Å². The molecule has 5 nitrogen and oxygen atoms in total. The predicted octanol–water partition coefficient (Wildman–Crippen LogP) is 0.668. The van der Waals surface area contributed by atoms with Gasteiger partial charge in [0.1, 0.15) is 0 Å². The monoisotopic (exact) mass is 272 g/mol. The number of hydrogen-bond donors (Lipinski definition) is 3. The van der Waals surface area contributed by atoms with Gasteiger partial charge in [-0.2, -0.15) is 0 Å². The number of nitrogens with one attached hydrogen (secondary N) is 2. The van der Waals surface area contributed by atoms with Crippen molar-refractivity contribution in [3.8, 4) is 0 Å². The molecule has 0 aliphatic heterocycles. The normalized spacial score (nSPS) is 25.0. The molecule has 0 aromatic rings. The van der Waals surface area contributed by atoms with E-state index in [4.69, 9.17) is 4.74 Å². The van der Waals surface area contributed by atoms with Gasteiger partial charge in [0.2, 0.25) is 5.91 Å². The van der Waals surface area contributed by atoms with Gasteiger partial charge in [0.05, 0.1) is 18.8 Å². The smallest absolute Gasteiger partial charge is 0.216 e. The first-order valence-electron chi connectivity index (χ1n) is 7.32. The molecular weight excluding hydrogens is 244 g/mol. The van der Waals surface area contributed by atoms with Crippen LogP contribution in [-0.4, -0.2) is 49.5 Å². The van der Waals surface area contributed by atoms with Crippen LogP contribution in [0.25, 0.3) is 0 Å². The number of aliphatic hydroxyl groups excluding tert-OH is 1. The minimum absolute atomic E-state index is 0.0304. The average molecular weight is 272 g/mol. The second kappa shape index (κ2) is 9.28. The van der Waals surface area contributed by atoms with E-state index < -0.39 is 6.10 Å². The molecule has 112 valence electrons. The first-order valence-corrected chi connectivity index (χ1v) is 7.32. The third-order valence-electron chi connectivity index (χ3n) is 3.54. The SMILES string of the molecule is CC(=O)NCCNCC(O)COC1CCC(C)CC1. The van der Waals surface area contributed by atoms with Crippen molar-refractivity contribution in [2.24, 2.45) is 5.92 Å². The first kappa shape index (κ1) is 16.4. The Bertz CT molecular complexity index is 253. The first-order chi connectivity index (χ1) is 9.08. The number of hydrogen-bond acceptors (Lipinski definition) is 4. The summed E-state index contributed by atoms with van der Waals surface area (Å²) in [5, 5.41) is 15.5. The molecule has 1 aliphatic rings. The number of rotatable bonds is 8. The van der Waals surface area contributed by atoms with Crippen molar-refractivity contribution in [1.82, 2.24) is 10.6 Å². The lowest BCUT2D eigenvalue weighted by molar-refractivity contribution is -0.118. The molecule has 1 aliphatic carbocycles. The molecule has 5 heteroatoms. The highest BCUT2D eigenvalue weighted by Crippen LogP contribution is 2.25. The standard InChI is InChI=1S/C14H28N2O3/c1-11-3-5-14(6-4-11)19-10-13(18)9-15-7-8-16-12(2)17/h11,13-15,18H,3-10H2,1-2H3,(H,16,17). The summed E-state index contributed by atoms with van der Waals surface area (Å²) < 4.78 is 5.73. The Morgan fingerprint density at radius 2 is 2.00 bits per heavy atom. The number of ether oxygens (including phenoxy) is 1. The maximum atomic E-state index is 10.6. The maximum absolute atomic E-state index is 10.6. The van der Waals surface area contributed by atoms with Crippen LogP contribution in [0.2, 0.25) is 0 Å². The fourth-order valence-electron chi connectivity index (χ4n) is 2.30. The Morgan fingerprint density at radius 3 is 2.63 bits per heavy atom. The highest BCUT2D eigenvalue weighted by Gasteiger charge is 2.19. The van der Waals surface area contributed by atoms with Crippen LogP contribution in [0, 0.1) is 5.92 Å². The van der Waals surface area contributed by atoms with E-state index in [0.29, 0.717) is 32.3 Å². The molecule has 0 saturated heterocycles. The van der Waals surface area contributed by atoms with Crippen LogP contribution in [0.3, 0.4) is 0 Å². The van der Waals surface area contributed by atoms with E-state index >= 15 is 0 Å². The number of amides is 1. The third-order valence-corrected chi connectivity index (χ3v) is 3.54. The van der Waals surface area contributed by atoms with Gasteiger partial charge in [0.15, 0.2) is 0 Å². The molecule has 3 N–H and O–H groups in total. The highest BCUT2D eigenvalue weighted by molar-refractivity contribution is 5.72. The molecule has 1 saturated carbocycles. The lowest BCUT2D eigenvalue weighted by atomic mass is 9.89. The van der Waals surface area contributed by atoms with Crippen molar-refractivity contribution < 1.29 is 14.6 Å². The zero-order valence-corrected chi connectivity index (χ0v) is 12.2. The highest BCUT2D eigenvalue weighted by atomic mass is 16.5. The van der Waals surface area contributed by atoms with Crippen molar-refractivity contribution in [1.29, 1.82) is 0 Å². The zero-order chi connectivity index (χ0) is 14.1. The van der Waals surface area contributed by atoms with Gasteiger partial charge in [-0.15, -0.1) is 0 Å². The van der Waals surface area contributed by atoms with Crippen LogP contribution in [-0.2, 0) is 9.53 Å². The summed E-state index contributed by atoms with van der Waals surface area (Å²) in [4.78, 5) is 10.6. The van der Waals surface area contributed by atoms with E-state index in [2.05, 4.69) is 17.6 Å². The van der Waals surface area contributed by atoms with Crippen molar-refractivity contribution >= 4 is 5.91 Å². The average Bonchev–Trinajstić information content (AvgIpc) is 2.37. The van der Waals surface area contributed by atoms with E-state index in [1.807, 2.05) is 0 Å². The lowest BCUT2D eigenvalue weighted by Gasteiger charge is -2.27. The van der Waals surface area contributed by atoms with Gasteiger partial charge in [-0.1, -0.05) is 6.92 Å². The molecule has 0 heterocycles. The number of carbonyl (C=O) groups excluding carboxylic acids is 1. The molecule has 0 aromatic heterocycles. The second-order valence-corrected chi connectivity index (χ2v) is 5.56. The van der Waals surface area contributed by atoms with Crippen molar-refractivity contribution in [2.75, 3.05) is 26.2 Å². The lowest BCUT2D eigenvalue weighted by Crippen LogP contribution is -2.36. The fraction of sp³-hybridized carbons (Fsp3) is 0.929. The molecule has 1 fully saturated rings. The van der Waals surface area contributed by atoms with Crippen LogP contribution in [0.15, 0.2) is 0 Å². The van der Waals surface area contributed by atoms with Crippen molar-refractivity contribution in [3.63, 3.8) is 0 Å². The van der Waals surface area contributed by atoms with Crippen LogP contribution >= 0.6 is 0 Å². The largest absolute Gasteiger partial charge is 0.389 e. The maximum Gasteiger partial charge on any atom is 0.216 e. The van der Waals surface area contributed by atoms with E-state index in [1.54, 1.807) is 0 Å². The Kier molecular flexibility index (Phi) is 8.02. The van der Waals surface area contributed by atoms with E-state index in [0.717, 1.165) is 18.8 Å². The van der Waals surface area contributed by atoms with Gasteiger partial charge >= 0.3 is 0 Å².